The smallest absolute Gasteiger partial charge is 0.251 e. The van der Waals surface area contributed by atoms with Gasteiger partial charge in [0, 0.05) is 17.5 Å². The highest BCUT2D eigenvalue weighted by Crippen LogP contribution is 2.41. The molecule has 26 heavy (non-hydrogen) atoms. The monoisotopic (exact) mass is 353 g/mol. The molecule has 2 aromatic carbocycles. The number of carbonyl (C=O) groups excluding carboxylic acids is 1. The van der Waals surface area contributed by atoms with Crippen LogP contribution >= 0.6 is 0 Å². The van der Waals surface area contributed by atoms with Crippen LogP contribution in [-0.4, -0.2) is 24.7 Å². The number of hydrogen-bond donors (Lipinski definition) is 1. The second-order valence-corrected chi connectivity index (χ2v) is 7.36. The zero-order chi connectivity index (χ0) is 18.1. The summed E-state index contributed by atoms with van der Waals surface area (Å²) in [4.78, 5) is 12.3. The van der Waals surface area contributed by atoms with E-state index in [-0.39, 0.29) is 11.5 Å². The summed E-state index contributed by atoms with van der Waals surface area (Å²) in [5, 5.41) is 2.90. The Bertz CT molecular complexity index is 844. The Morgan fingerprint density at radius 3 is 2.88 bits per heavy atom. The van der Waals surface area contributed by atoms with Gasteiger partial charge >= 0.3 is 0 Å². The largest absolute Gasteiger partial charge is 0.488 e. The molecule has 0 saturated carbocycles. The fraction of sp³-hybridized carbons (Fsp3) is 0.381. The van der Waals surface area contributed by atoms with Crippen molar-refractivity contribution in [2.45, 2.75) is 39.1 Å². The average molecular weight is 353 g/mol. The number of para-hydroxylation sites is 1. The number of nitrogens with one attached hydrogen (secondary N) is 1. The van der Waals surface area contributed by atoms with Gasteiger partial charge < -0.3 is 19.5 Å². The molecule has 0 fully saturated rings. The van der Waals surface area contributed by atoms with Gasteiger partial charge in [0.2, 0.25) is 0 Å². The van der Waals surface area contributed by atoms with Crippen LogP contribution in [0.25, 0.3) is 0 Å². The van der Waals surface area contributed by atoms with Crippen molar-refractivity contribution >= 4 is 5.91 Å². The molecule has 0 spiro atoms. The summed E-state index contributed by atoms with van der Waals surface area (Å²) >= 11 is 0. The van der Waals surface area contributed by atoms with Gasteiger partial charge in [-0.3, -0.25) is 4.79 Å². The van der Waals surface area contributed by atoms with Crippen molar-refractivity contribution < 1.29 is 19.0 Å². The third-order valence-electron chi connectivity index (χ3n) is 4.68. The van der Waals surface area contributed by atoms with Gasteiger partial charge in [-0.15, -0.1) is 0 Å². The van der Waals surface area contributed by atoms with Gasteiger partial charge in [0.15, 0.2) is 11.5 Å². The van der Waals surface area contributed by atoms with Crippen LogP contribution in [0.5, 0.6) is 11.5 Å². The summed E-state index contributed by atoms with van der Waals surface area (Å²) in [6, 6.07) is 11.6. The zero-order valence-corrected chi connectivity index (χ0v) is 15.1. The number of fused-ring (bicyclic) bond motifs is 2. The van der Waals surface area contributed by atoms with E-state index >= 15 is 0 Å². The number of hydrogen-bond acceptors (Lipinski definition) is 4. The van der Waals surface area contributed by atoms with Crippen LogP contribution in [0.3, 0.4) is 0 Å². The molecule has 0 aliphatic carbocycles. The number of ether oxygens (including phenoxy) is 3. The van der Waals surface area contributed by atoms with Gasteiger partial charge in [-0.1, -0.05) is 18.2 Å². The lowest BCUT2D eigenvalue weighted by Crippen LogP contribution is -2.28. The Morgan fingerprint density at radius 2 is 2.00 bits per heavy atom. The molecule has 1 amide bonds. The molecule has 0 unspecified atom stereocenters. The summed E-state index contributed by atoms with van der Waals surface area (Å²) in [6.45, 7) is 6.16. The first-order chi connectivity index (χ1) is 12.5. The third kappa shape index (κ3) is 3.40. The van der Waals surface area contributed by atoms with Crippen LogP contribution in [0.4, 0.5) is 0 Å². The molecule has 1 N–H and O–H groups in total. The molecule has 0 saturated heterocycles. The number of rotatable bonds is 5. The number of amides is 1. The first kappa shape index (κ1) is 16.9. The summed E-state index contributed by atoms with van der Waals surface area (Å²) in [5.74, 6) is 1.46. The minimum Gasteiger partial charge on any atom is -0.488 e. The summed E-state index contributed by atoms with van der Waals surface area (Å²) < 4.78 is 17.2. The van der Waals surface area contributed by atoms with E-state index in [9.17, 15) is 4.79 Å². The molecule has 0 radical (unpaired) electrons. The lowest BCUT2D eigenvalue weighted by molar-refractivity contribution is 0.0946. The van der Waals surface area contributed by atoms with Crippen LogP contribution in [0.1, 0.15) is 40.9 Å². The van der Waals surface area contributed by atoms with E-state index in [2.05, 4.69) is 25.2 Å². The van der Waals surface area contributed by atoms with Crippen molar-refractivity contribution in [2.75, 3.05) is 13.2 Å². The van der Waals surface area contributed by atoms with Crippen molar-refractivity contribution in [1.82, 2.24) is 5.32 Å². The highest BCUT2D eigenvalue weighted by Gasteiger charge is 2.32. The Morgan fingerprint density at radius 1 is 1.15 bits per heavy atom. The van der Waals surface area contributed by atoms with E-state index in [1.54, 1.807) is 0 Å². The van der Waals surface area contributed by atoms with Crippen molar-refractivity contribution in [3.63, 3.8) is 0 Å². The zero-order valence-electron chi connectivity index (χ0n) is 15.1. The first-order valence-corrected chi connectivity index (χ1v) is 8.93. The molecule has 5 nitrogen and oxygen atoms in total. The molecule has 5 heteroatoms. The van der Waals surface area contributed by atoms with Gasteiger partial charge in [-0.05, 0) is 43.2 Å². The molecule has 136 valence electrons. The molecule has 2 aliphatic heterocycles. The molecule has 0 aromatic heterocycles. The van der Waals surface area contributed by atoms with E-state index in [4.69, 9.17) is 14.2 Å². The van der Waals surface area contributed by atoms with Gasteiger partial charge in [0.05, 0.1) is 19.8 Å². The van der Waals surface area contributed by atoms with Crippen molar-refractivity contribution in [3.05, 3.63) is 58.7 Å². The van der Waals surface area contributed by atoms with E-state index < -0.39 is 0 Å². The maximum Gasteiger partial charge on any atom is 0.251 e. The quantitative estimate of drug-likeness (QED) is 0.839. The molecule has 4 rings (SSSR count). The van der Waals surface area contributed by atoms with Gasteiger partial charge in [0.1, 0.15) is 12.2 Å². The van der Waals surface area contributed by atoms with E-state index in [0.29, 0.717) is 31.9 Å². The normalized spacial score (nSPS) is 16.5. The molecule has 2 aliphatic rings. The van der Waals surface area contributed by atoms with Crippen molar-refractivity contribution in [3.8, 4) is 11.5 Å². The fourth-order valence-electron chi connectivity index (χ4n) is 3.44. The molecule has 2 aromatic rings. The van der Waals surface area contributed by atoms with Crippen LogP contribution in [0, 0.1) is 0 Å². The molecular formula is C21H23NO4. The standard InChI is InChI=1S/C21H23NO4/c1-21(2)11-15-4-3-5-18(19(15)26-21)25-9-8-22-20(23)14-6-7-16-12-24-13-17(16)10-14/h3-7,10H,8-9,11-13H2,1-2H3,(H,22,23). The van der Waals surface area contributed by atoms with Crippen LogP contribution < -0.4 is 14.8 Å². The summed E-state index contributed by atoms with van der Waals surface area (Å²) in [6.07, 6.45) is 0.873. The lowest BCUT2D eigenvalue weighted by atomic mass is 10.0. The fourth-order valence-corrected chi connectivity index (χ4v) is 3.44. The molecule has 0 atom stereocenters. The number of benzene rings is 2. The Hall–Kier alpha value is -2.53. The Kier molecular flexibility index (Phi) is 4.32. The minimum absolute atomic E-state index is 0.0982. The van der Waals surface area contributed by atoms with Crippen molar-refractivity contribution in [1.29, 1.82) is 0 Å². The van der Waals surface area contributed by atoms with Crippen LogP contribution in [0.2, 0.25) is 0 Å². The highest BCUT2D eigenvalue weighted by molar-refractivity contribution is 5.94. The molecule has 0 bridgehead atoms. The second kappa shape index (κ2) is 6.65. The van der Waals surface area contributed by atoms with E-state index in [1.165, 1.54) is 0 Å². The van der Waals surface area contributed by atoms with Gasteiger partial charge in [-0.2, -0.15) is 0 Å². The number of carbonyl (C=O) groups is 1. The Balaban J connectivity index is 1.31. The maximum atomic E-state index is 12.3. The molecule has 2 heterocycles. The predicted molar refractivity (Wildman–Crippen MR) is 97.6 cm³/mol. The minimum atomic E-state index is -0.201. The average Bonchev–Trinajstić information content (AvgIpc) is 3.20. The lowest BCUT2D eigenvalue weighted by Gasteiger charge is -2.18. The second-order valence-electron chi connectivity index (χ2n) is 7.36. The van der Waals surface area contributed by atoms with Crippen LogP contribution in [0.15, 0.2) is 36.4 Å². The van der Waals surface area contributed by atoms with Crippen molar-refractivity contribution in [2.24, 2.45) is 0 Å². The summed E-state index contributed by atoms with van der Waals surface area (Å²) in [5.41, 5.74) is 3.86. The topological polar surface area (TPSA) is 56.8 Å². The van der Waals surface area contributed by atoms with Crippen LogP contribution in [-0.2, 0) is 24.4 Å². The SMILES string of the molecule is CC1(C)Cc2cccc(OCCNC(=O)c3ccc4c(c3)COC4)c2O1. The van der Waals surface area contributed by atoms with E-state index in [0.717, 1.165) is 34.6 Å². The van der Waals surface area contributed by atoms with Gasteiger partial charge in [-0.25, -0.2) is 0 Å². The molecular weight excluding hydrogens is 330 g/mol. The maximum absolute atomic E-state index is 12.3. The Labute approximate surface area is 153 Å². The predicted octanol–water partition coefficient (Wildman–Crippen LogP) is 3.24. The summed E-state index contributed by atoms with van der Waals surface area (Å²) in [7, 11) is 0. The highest BCUT2D eigenvalue weighted by atomic mass is 16.5. The third-order valence-corrected chi connectivity index (χ3v) is 4.68. The van der Waals surface area contributed by atoms with Gasteiger partial charge in [0.25, 0.3) is 5.91 Å². The first-order valence-electron chi connectivity index (χ1n) is 8.93. The van der Waals surface area contributed by atoms with E-state index in [1.807, 2.05) is 30.3 Å².